The second-order valence-electron chi connectivity index (χ2n) is 3.92. The molecule has 6 heteroatoms. The first-order chi connectivity index (χ1) is 8.75. The molecule has 18 heavy (non-hydrogen) atoms. The van der Waals surface area contributed by atoms with Crippen molar-refractivity contribution in [2.45, 2.75) is 6.54 Å². The maximum absolute atomic E-state index is 12.0. The molecule has 0 bridgehead atoms. The summed E-state index contributed by atoms with van der Waals surface area (Å²) in [5.41, 5.74) is 6.96. The van der Waals surface area contributed by atoms with E-state index < -0.39 is 0 Å². The second-order valence-corrected chi connectivity index (χ2v) is 3.92. The van der Waals surface area contributed by atoms with Crippen molar-refractivity contribution in [1.82, 2.24) is 19.2 Å². The quantitative estimate of drug-likeness (QED) is 0.709. The largest absolute Gasteiger partial charge is 0.383 e. The molecule has 0 aliphatic heterocycles. The fourth-order valence-electron chi connectivity index (χ4n) is 1.82. The normalized spacial score (nSPS) is 10.9. The fourth-order valence-corrected chi connectivity index (χ4v) is 1.82. The Bertz CT molecular complexity index is 758. The summed E-state index contributed by atoms with van der Waals surface area (Å²) in [6.07, 6.45) is 3.30. The van der Waals surface area contributed by atoms with Crippen molar-refractivity contribution in [3.05, 3.63) is 58.8 Å². The van der Waals surface area contributed by atoms with Gasteiger partial charge in [-0.1, -0.05) is 12.1 Å². The van der Waals surface area contributed by atoms with Crippen molar-refractivity contribution < 1.29 is 0 Å². The molecular weight excluding hydrogens is 230 g/mol. The van der Waals surface area contributed by atoms with Gasteiger partial charge in [-0.15, -0.1) is 5.10 Å². The van der Waals surface area contributed by atoms with Crippen LogP contribution >= 0.6 is 0 Å². The maximum atomic E-state index is 12.0. The van der Waals surface area contributed by atoms with E-state index in [4.69, 9.17) is 5.73 Å². The van der Waals surface area contributed by atoms with Crippen molar-refractivity contribution in [3.8, 4) is 0 Å². The molecule has 0 unspecified atom stereocenters. The van der Waals surface area contributed by atoms with Crippen molar-refractivity contribution >= 4 is 11.5 Å². The molecule has 0 radical (unpaired) electrons. The first kappa shape index (κ1) is 10.5. The van der Waals surface area contributed by atoms with Gasteiger partial charge in [0.2, 0.25) is 0 Å². The summed E-state index contributed by atoms with van der Waals surface area (Å²) >= 11 is 0. The van der Waals surface area contributed by atoms with Crippen LogP contribution in [-0.2, 0) is 6.54 Å². The van der Waals surface area contributed by atoms with Gasteiger partial charge in [-0.2, -0.15) is 0 Å². The molecule has 3 heterocycles. The van der Waals surface area contributed by atoms with Gasteiger partial charge in [0.25, 0.3) is 0 Å². The number of pyridine rings is 2. The average Bonchev–Trinajstić information content (AvgIpc) is 2.70. The Hall–Kier alpha value is -2.63. The van der Waals surface area contributed by atoms with E-state index in [2.05, 4.69) is 10.1 Å². The van der Waals surface area contributed by atoms with Gasteiger partial charge in [-0.05, 0) is 18.2 Å². The van der Waals surface area contributed by atoms with Crippen LogP contribution in [0.15, 0.2) is 47.5 Å². The summed E-state index contributed by atoms with van der Waals surface area (Å²) in [7, 11) is 0. The number of nitrogens with two attached hydrogens (primary N) is 1. The zero-order valence-electron chi connectivity index (χ0n) is 9.52. The lowest BCUT2D eigenvalue weighted by Crippen LogP contribution is -2.22. The molecule has 90 valence electrons. The van der Waals surface area contributed by atoms with Crippen LogP contribution in [-0.4, -0.2) is 19.2 Å². The molecule has 0 amide bonds. The summed E-state index contributed by atoms with van der Waals surface area (Å²) in [6, 6.07) is 9.03. The highest BCUT2D eigenvalue weighted by atomic mass is 16.2. The van der Waals surface area contributed by atoms with E-state index in [1.165, 1.54) is 9.08 Å². The highest BCUT2D eigenvalue weighted by molar-refractivity contribution is 5.39. The van der Waals surface area contributed by atoms with Crippen LogP contribution in [0.3, 0.4) is 0 Å². The fraction of sp³-hybridized carbons (Fsp3) is 0.0833. The summed E-state index contributed by atoms with van der Waals surface area (Å²) in [5, 5.41) is 4.23. The number of aromatic nitrogens is 4. The zero-order valence-corrected chi connectivity index (χ0v) is 9.52. The molecule has 0 fully saturated rings. The monoisotopic (exact) mass is 241 g/mol. The van der Waals surface area contributed by atoms with E-state index in [1.807, 2.05) is 12.1 Å². The summed E-state index contributed by atoms with van der Waals surface area (Å²) in [6.45, 7) is 0.320. The zero-order chi connectivity index (χ0) is 12.5. The highest BCUT2D eigenvalue weighted by Crippen LogP contribution is 2.07. The average molecular weight is 241 g/mol. The number of anilines is 1. The number of nitrogen functional groups attached to an aromatic ring is 1. The third-order valence-corrected chi connectivity index (χ3v) is 2.73. The Balaban J connectivity index is 2.09. The van der Waals surface area contributed by atoms with Crippen molar-refractivity contribution in [1.29, 1.82) is 0 Å². The Labute approximate surface area is 102 Å². The molecule has 0 aromatic carbocycles. The number of rotatable bonds is 2. The minimum Gasteiger partial charge on any atom is -0.383 e. The summed E-state index contributed by atoms with van der Waals surface area (Å²) < 4.78 is 2.87. The van der Waals surface area contributed by atoms with E-state index >= 15 is 0 Å². The van der Waals surface area contributed by atoms with Gasteiger partial charge < -0.3 is 5.73 Å². The SMILES string of the molecule is Nc1ncccc1Cn1nc2ccccn2c1=O. The van der Waals surface area contributed by atoms with Gasteiger partial charge in [0.15, 0.2) is 5.65 Å². The van der Waals surface area contributed by atoms with E-state index in [0.717, 1.165) is 5.56 Å². The van der Waals surface area contributed by atoms with Gasteiger partial charge in [-0.25, -0.2) is 14.5 Å². The van der Waals surface area contributed by atoms with Gasteiger partial charge >= 0.3 is 5.69 Å². The lowest BCUT2D eigenvalue weighted by atomic mass is 10.2. The van der Waals surface area contributed by atoms with Gasteiger partial charge in [0.1, 0.15) is 5.82 Å². The Kier molecular flexibility index (Phi) is 2.33. The molecule has 6 nitrogen and oxygen atoms in total. The molecule has 0 atom stereocenters. The molecule has 2 N–H and O–H groups in total. The Morgan fingerprint density at radius 1 is 1.22 bits per heavy atom. The third-order valence-electron chi connectivity index (χ3n) is 2.73. The predicted octanol–water partition coefficient (Wildman–Crippen LogP) is 0.522. The van der Waals surface area contributed by atoms with Gasteiger partial charge in [0, 0.05) is 18.0 Å². The minimum absolute atomic E-state index is 0.186. The topological polar surface area (TPSA) is 78.2 Å². The minimum atomic E-state index is -0.186. The maximum Gasteiger partial charge on any atom is 0.350 e. The lowest BCUT2D eigenvalue weighted by Gasteiger charge is -2.02. The van der Waals surface area contributed by atoms with E-state index in [1.54, 1.807) is 30.6 Å². The van der Waals surface area contributed by atoms with Crippen LogP contribution in [0.1, 0.15) is 5.56 Å². The van der Waals surface area contributed by atoms with Crippen LogP contribution in [0, 0.1) is 0 Å². The predicted molar refractivity (Wildman–Crippen MR) is 67.2 cm³/mol. The van der Waals surface area contributed by atoms with Crippen LogP contribution < -0.4 is 11.4 Å². The van der Waals surface area contributed by atoms with Crippen molar-refractivity contribution in [2.75, 3.05) is 5.73 Å². The van der Waals surface area contributed by atoms with Gasteiger partial charge in [-0.3, -0.25) is 4.40 Å². The smallest absolute Gasteiger partial charge is 0.350 e. The van der Waals surface area contributed by atoms with Crippen LogP contribution in [0.4, 0.5) is 5.82 Å². The van der Waals surface area contributed by atoms with E-state index in [0.29, 0.717) is 18.0 Å². The molecule has 3 aromatic heterocycles. The van der Waals surface area contributed by atoms with Gasteiger partial charge in [0.05, 0.1) is 6.54 Å². The number of hydrogen-bond donors (Lipinski definition) is 1. The van der Waals surface area contributed by atoms with Crippen LogP contribution in [0.25, 0.3) is 5.65 Å². The Morgan fingerprint density at radius 3 is 2.89 bits per heavy atom. The molecule has 0 saturated carbocycles. The molecular formula is C12H11N5O. The molecule has 3 rings (SSSR count). The highest BCUT2D eigenvalue weighted by Gasteiger charge is 2.08. The first-order valence-corrected chi connectivity index (χ1v) is 5.49. The van der Waals surface area contributed by atoms with Crippen molar-refractivity contribution in [2.24, 2.45) is 0 Å². The number of hydrogen-bond acceptors (Lipinski definition) is 4. The first-order valence-electron chi connectivity index (χ1n) is 5.49. The lowest BCUT2D eigenvalue weighted by molar-refractivity contribution is 0.658. The molecule has 0 spiro atoms. The van der Waals surface area contributed by atoms with Crippen LogP contribution in [0.5, 0.6) is 0 Å². The number of nitrogens with zero attached hydrogens (tertiary/aromatic N) is 4. The number of fused-ring (bicyclic) bond motifs is 1. The van der Waals surface area contributed by atoms with E-state index in [9.17, 15) is 4.79 Å². The molecule has 0 aliphatic rings. The van der Waals surface area contributed by atoms with Crippen LogP contribution in [0.2, 0.25) is 0 Å². The second kappa shape index (κ2) is 3.99. The standard InChI is InChI=1S/C12H11N5O/c13-11-9(4-3-6-14-11)8-17-12(18)16-7-2-1-5-10(16)15-17/h1-7H,8H2,(H2,13,14). The molecule has 0 aliphatic carbocycles. The van der Waals surface area contributed by atoms with E-state index in [-0.39, 0.29) is 5.69 Å². The summed E-state index contributed by atoms with van der Waals surface area (Å²) in [5.74, 6) is 0.418. The summed E-state index contributed by atoms with van der Waals surface area (Å²) in [4.78, 5) is 16.0. The van der Waals surface area contributed by atoms with Crippen molar-refractivity contribution in [3.63, 3.8) is 0 Å². The Morgan fingerprint density at radius 2 is 2.11 bits per heavy atom. The molecule has 3 aromatic rings. The third kappa shape index (κ3) is 1.64. The molecule has 0 saturated heterocycles.